The van der Waals surface area contributed by atoms with Crippen molar-refractivity contribution < 1.29 is 25.9 Å². The van der Waals surface area contributed by atoms with Gasteiger partial charge in [0.2, 0.25) is 0 Å². The first kappa shape index (κ1) is 29.9. The minimum Gasteiger partial charge on any atom is -0.367 e. The van der Waals surface area contributed by atoms with Gasteiger partial charge in [0, 0.05) is 47.3 Å². The number of fused-ring (bicyclic) bond motifs is 2. The van der Waals surface area contributed by atoms with Gasteiger partial charge in [-0.2, -0.15) is 16.8 Å². The molecule has 0 spiro atoms. The second-order valence-corrected chi connectivity index (χ2v) is 13.8. The lowest BCUT2D eigenvalue weighted by atomic mass is 10.1. The molecule has 0 aromatic heterocycles. The largest absolute Gasteiger partial charge is 0.367 e. The predicted molar refractivity (Wildman–Crippen MR) is 166 cm³/mol. The Kier molecular flexibility index (Phi) is 8.53. The molecule has 1 aliphatic heterocycles. The molecular formula is C30H31N3O6S3. The van der Waals surface area contributed by atoms with Gasteiger partial charge in [-0.1, -0.05) is 36.0 Å². The maximum atomic E-state index is 11.6. The van der Waals surface area contributed by atoms with E-state index in [-0.39, 0.29) is 9.79 Å². The molecule has 9 nitrogen and oxygen atoms in total. The lowest BCUT2D eigenvalue weighted by Crippen LogP contribution is -2.22. The maximum absolute atomic E-state index is 11.6. The van der Waals surface area contributed by atoms with E-state index >= 15 is 0 Å². The summed E-state index contributed by atoms with van der Waals surface area (Å²) in [5.41, 5.74) is 5.48. The molecule has 12 heteroatoms. The number of benzene rings is 4. The van der Waals surface area contributed by atoms with Gasteiger partial charge >= 0.3 is 0 Å². The maximum Gasteiger partial charge on any atom is 0.294 e. The molecule has 0 aliphatic carbocycles. The van der Waals surface area contributed by atoms with Gasteiger partial charge in [-0.3, -0.25) is 9.11 Å². The van der Waals surface area contributed by atoms with Gasteiger partial charge in [-0.15, -0.1) is 0 Å². The Hall–Kier alpha value is -3.55. The van der Waals surface area contributed by atoms with Gasteiger partial charge in [-0.25, -0.2) is 0 Å². The Labute approximate surface area is 250 Å². The van der Waals surface area contributed by atoms with Gasteiger partial charge in [0.25, 0.3) is 20.2 Å². The molecule has 220 valence electrons. The van der Waals surface area contributed by atoms with Crippen molar-refractivity contribution in [1.82, 2.24) is 0 Å². The van der Waals surface area contributed by atoms with Crippen LogP contribution in [0.25, 0.3) is 0 Å². The number of nitrogens with one attached hydrogen (secondary N) is 1. The molecule has 42 heavy (non-hydrogen) atoms. The monoisotopic (exact) mass is 625 g/mol. The zero-order valence-electron chi connectivity index (χ0n) is 23.1. The van der Waals surface area contributed by atoms with Crippen LogP contribution in [0, 0.1) is 0 Å². The van der Waals surface area contributed by atoms with E-state index in [1.54, 1.807) is 23.9 Å². The molecule has 0 fully saturated rings. The third-order valence-corrected chi connectivity index (χ3v) is 9.87. The van der Waals surface area contributed by atoms with E-state index in [2.05, 4.69) is 27.2 Å². The van der Waals surface area contributed by atoms with Crippen LogP contribution in [0.4, 0.5) is 22.7 Å². The second kappa shape index (κ2) is 12.0. The molecule has 1 heterocycles. The third-order valence-electron chi connectivity index (χ3n) is 7.05. The highest BCUT2D eigenvalue weighted by atomic mass is 32.2. The summed E-state index contributed by atoms with van der Waals surface area (Å²) in [5.74, 6) is 0. The Balaban J connectivity index is 1.36. The van der Waals surface area contributed by atoms with Crippen molar-refractivity contribution in [2.24, 2.45) is 0 Å². The molecule has 3 N–H and O–H groups in total. The number of nitrogens with zero attached hydrogens (tertiary/aromatic N) is 2. The van der Waals surface area contributed by atoms with Crippen molar-refractivity contribution in [1.29, 1.82) is 0 Å². The summed E-state index contributed by atoms with van der Waals surface area (Å²) in [6.45, 7) is 6.40. The van der Waals surface area contributed by atoms with Crippen LogP contribution in [0.3, 0.4) is 0 Å². The van der Waals surface area contributed by atoms with Crippen molar-refractivity contribution in [3.63, 3.8) is 0 Å². The molecule has 4 aromatic carbocycles. The van der Waals surface area contributed by atoms with E-state index in [1.807, 2.05) is 50.2 Å². The van der Waals surface area contributed by atoms with Crippen LogP contribution in [-0.4, -0.2) is 39.0 Å². The number of hydrogen-bond acceptors (Lipinski definition) is 8. The molecule has 0 unspecified atom stereocenters. The lowest BCUT2D eigenvalue weighted by molar-refractivity contribution is 0.481. The summed E-state index contributed by atoms with van der Waals surface area (Å²) in [5, 5.41) is 3.51. The van der Waals surface area contributed by atoms with Gasteiger partial charge in [0.1, 0.15) is 0 Å². The summed E-state index contributed by atoms with van der Waals surface area (Å²) < 4.78 is 65.2. The van der Waals surface area contributed by atoms with Gasteiger partial charge in [0.15, 0.2) is 0 Å². The SMILES string of the molecule is CCN(Cc1cccc(S(=O)(=O)O)c1)c1ccc2c(c1)Sc1cc(N(CC)Cc3cccc(S(=O)(=O)O)c3)ccc1N2. The average Bonchev–Trinajstić information content (AvgIpc) is 2.96. The normalized spacial score (nSPS) is 12.7. The van der Waals surface area contributed by atoms with Crippen LogP contribution in [0.15, 0.2) is 105 Å². The van der Waals surface area contributed by atoms with E-state index in [4.69, 9.17) is 0 Å². The zero-order chi connectivity index (χ0) is 30.1. The standard InChI is InChI=1S/C30H31N3O6S3/c1-3-32(19-21-7-5-9-25(15-21)41(34,35)36)23-11-13-27-29(17-23)40-30-18-24(12-14-28(30)31-27)33(4-2)20-22-8-6-10-26(16-22)42(37,38)39/h5-18,31H,3-4,19-20H2,1-2H3,(H,34,35,36)(H,37,38,39). The molecule has 0 bridgehead atoms. The highest BCUT2D eigenvalue weighted by molar-refractivity contribution is 7.99. The molecule has 0 radical (unpaired) electrons. The van der Waals surface area contributed by atoms with Crippen LogP contribution in [-0.2, 0) is 33.3 Å². The molecule has 4 aromatic rings. The molecule has 0 saturated heterocycles. The second-order valence-electron chi connectivity index (χ2n) is 9.86. The smallest absolute Gasteiger partial charge is 0.294 e. The van der Waals surface area contributed by atoms with Crippen LogP contribution in [0.5, 0.6) is 0 Å². The molecule has 0 amide bonds. The van der Waals surface area contributed by atoms with Crippen molar-refractivity contribution in [3.05, 3.63) is 96.1 Å². The minimum absolute atomic E-state index is 0.124. The first-order valence-electron chi connectivity index (χ1n) is 13.3. The summed E-state index contributed by atoms with van der Waals surface area (Å²) in [4.78, 5) is 6.12. The number of rotatable bonds is 10. The highest BCUT2D eigenvalue weighted by Crippen LogP contribution is 2.46. The fourth-order valence-corrected chi connectivity index (χ4v) is 7.03. The van der Waals surface area contributed by atoms with Gasteiger partial charge in [-0.05, 0) is 85.6 Å². The molecular weight excluding hydrogens is 595 g/mol. The summed E-state index contributed by atoms with van der Waals surface area (Å²) in [6, 6.07) is 25.0. The third kappa shape index (κ3) is 6.74. The predicted octanol–water partition coefficient (Wildman–Crippen LogP) is 6.44. The van der Waals surface area contributed by atoms with Crippen molar-refractivity contribution in [3.8, 4) is 0 Å². The topological polar surface area (TPSA) is 127 Å². The Morgan fingerprint density at radius 3 is 1.45 bits per heavy atom. The number of hydrogen-bond donors (Lipinski definition) is 3. The fraction of sp³-hybridized carbons (Fsp3) is 0.200. The molecule has 5 rings (SSSR count). The summed E-state index contributed by atoms with van der Waals surface area (Å²) in [7, 11) is -8.56. The first-order valence-corrected chi connectivity index (χ1v) is 17.0. The Morgan fingerprint density at radius 2 is 1.07 bits per heavy atom. The van der Waals surface area contributed by atoms with Crippen molar-refractivity contribution in [2.45, 2.75) is 46.5 Å². The lowest BCUT2D eigenvalue weighted by Gasteiger charge is -2.28. The first-order chi connectivity index (χ1) is 19.9. The van der Waals surface area contributed by atoms with E-state index in [0.717, 1.165) is 43.7 Å². The van der Waals surface area contributed by atoms with Crippen LogP contribution in [0.2, 0.25) is 0 Å². The van der Waals surface area contributed by atoms with Gasteiger partial charge < -0.3 is 15.1 Å². The Morgan fingerprint density at radius 1 is 0.643 bits per heavy atom. The Bertz CT molecular complexity index is 1710. The minimum atomic E-state index is -4.28. The molecule has 0 atom stereocenters. The molecule has 0 saturated carbocycles. The molecule has 1 aliphatic rings. The quantitative estimate of drug-likeness (QED) is 0.149. The average molecular weight is 626 g/mol. The van der Waals surface area contributed by atoms with E-state index in [1.165, 1.54) is 24.3 Å². The van der Waals surface area contributed by atoms with E-state index in [9.17, 15) is 25.9 Å². The van der Waals surface area contributed by atoms with Gasteiger partial charge in [0.05, 0.1) is 21.2 Å². The van der Waals surface area contributed by atoms with E-state index in [0.29, 0.717) is 26.2 Å². The van der Waals surface area contributed by atoms with Crippen molar-refractivity contribution >= 4 is 54.7 Å². The fourth-order valence-electron chi connectivity index (χ4n) is 4.88. The van der Waals surface area contributed by atoms with Crippen LogP contribution >= 0.6 is 11.8 Å². The zero-order valence-corrected chi connectivity index (χ0v) is 25.5. The van der Waals surface area contributed by atoms with Crippen LogP contribution < -0.4 is 15.1 Å². The summed E-state index contributed by atoms with van der Waals surface area (Å²) >= 11 is 1.65. The number of anilines is 4. The van der Waals surface area contributed by atoms with Crippen molar-refractivity contribution in [2.75, 3.05) is 28.2 Å². The summed E-state index contributed by atoms with van der Waals surface area (Å²) in [6.07, 6.45) is 0. The van der Waals surface area contributed by atoms with Crippen LogP contribution in [0.1, 0.15) is 25.0 Å². The van der Waals surface area contributed by atoms with E-state index < -0.39 is 20.2 Å². The highest BCUT2D eigenvalue weighted by Gasteiger charge is 2.20.